The van der Waals surface area contributed by atoms with Crippen molar-refractivity contribution < 1.29 is 9.18 Å². The molecule has 0 saturated carbocycles. The number of carbonyl (C=O) groups is 1. The lowest BCUT2D eigenvalue weighted by Crippen LogP contribution is -2.26. The largest absolute Gasteiger partial charge is 0.398 e. The minimum Gasteiger partial charge on any atom is -0.398 e. The molecule has 1 aromatic heterocycles. The summed E-state index contributed by atoms with van der Waals surface area (Å²) >= 11 is 4.92. The molecule has 0 unspecified atom stereocenters. The quantitative estimate of drug-likeness (QED) is 0.867. The molecule has 0 spiro atoms. The van der Waals surface area contributed by atoms with Crippen molar-refractivity contribution in [3.8, 4) is 0 Å². The predicted molar refractivity (Wildman–Crippen MR) is 78.6 cm³/mol. The van der Waals surface area contributed by atoms with Gasteiger partial charge in [-0.1, -0.05) is 0 Å². The lowest BCUT2D eigenvalue weighted by molar-refractivity contribution is 0.0786. The van der Waals surface area contributed by atoms with Gasteiger partial charge in [0.05, 0.1) is 9.35 Å². The Labute approximate surface area is 123 Å². The van der Waals surface area contributed by atoms with E-state index in [-0.39, 0.29) is 17.2 Å². The summed E-state index contributed by atoms with van der Waals surface area (Å²) in [4.78, 5) is 13.7. The van der Waals surface area contributed by atoms with E-state index < -0.39 is 5.82 Å². The molecule has 0 radical (unpaired) electrons. The number of rotatable bonds is 3. The van der Waals surface area contributed by atoms with Gasteiger partial charge < -0.3 is 10.6 Å². The van der Waals surface area contributed by atoms with Crippen LogP contribution in [0.2, 0.25) is 0 Å². The number of nitrogens with zero attached hydrogens (tertiary/aromatic N) is 1. The Bertz CT molecular complexity index is 614. The third-order valence-corrected chi connectivity index (χ3v) is 4.19. The number of amides is 1. The zero-order valence-electron chi connectivity index (χ0n) is 10.2. The number of anilines is 1. The molecule has 6 heteroatoms. The second-order valence-corrected chi connectivity index (χ2v) is 6.44. The Kier molecular flexibility index (Phi) is 4.21. The minimum absolute atomic E-state index is 0.191. The Morgan fingerprint density at radius 2 is 2.21 bits per heavy atom. The normalized spacial score (nSPS) is 10.5. The van der Waals surface area contributed by atoms with Gasteiger partial charge >= 0.3 is 0 Å². The summed E-state index contributed by atoms with van der Waals surface area (Å²) in [5, 5.41) is 1.96. The molecule has 0 aliphatic rings. The molecule has 0 aliphatic carbocycles. The molecule has 1 aromatic carbocycles. The molecule has 2 aromatic rings. The standard InChI is InChI=1S/C13H12BrFN2OS/c1-17(6-8-4-12(14)19-7-8)13(18)10-5-9(15)2-3-11(10)16/h2-5,7H,6,16H2,1H3. The zero-order chi connectivity index (χ0) is 14.0. The molecule has 0 atom stereocenters. The first-order valence-corrected chi connectivity index (χ1v) is 7.18. The molecule has 1 amide bonds. The Morgan fingerprint density at radius 3 is 2.84 bits per heavy atom. The summed E-state index contributed by atoms with van der Waals surface area (Å²) in [5.41, 5.74) is 7.20. The maximum absolute atomic E-state index is 13.2. The van der Waals surface area contributed by atoms with E-state index >= 15 is 0 Å². The predicted octanol–water partition coefficient (Wildman–Crippen LogP) is 3.50. The second-order valence-electron chi connectivity index (χ2n) is 4.15. The zero-order valence-corrected chi connectivity index (χ0v) is 12.6. The average molecular weight is 343 g/mol. The van der Waals surface area contributed by atoms with Crippen LogP contribution in [0.3, 0.4) is 0 Å². The number of hydrogen-bond acceptors (Lipinski definition) is 3. The van der Waals surface area contributed by atoms with E-state index in [2.05, 4.69) is 15.9 Å². The molecular formula is C13H12BrFN2OS. The van der Waals surface area contributed by atoms with Crippen LogP contribution in [0, 0.1) is 5.82 Å². The van der Waals surface area contributed by atoms with Gasteiger partial charge in [-0.3, -0.25) is 4.79 Å². The molecular weight excluding hydrogens is 331 g/mol. The Morgan fingerprint density at radius 1 is 1.47 bits per heavy atom. The summed E-state index contributed by atoms with van der Waals surface area (Å²) in [6.07, 6.45) is 0. The van der Waals surface area contributed by atoms with E-state index in [1.54, 1.807) is 18.4 Å². The molecule has 100 valence electrons. The number of hydrogen-bond donors (Lipinski definition) is 1. The summed E-state index contributed by atoms with van der Waals surface area (Å²) in [5.74, 6) is -0.761. The third kappa shape index (κ3) is 3.33. The summed E-state index contributed by atoms with van der Waals surface area (Å²) in [7, 11) is 1.66. The number of benzene rings is 1. The van der Waals surface area contributed by atoms with E-state index in [0.29, 0.717) is 6.54 Å². The van der Waals surface area contributed by atoms with E-state index in [1.165, 1.54) is 17.0 Å². The fraction of sp³-hybridized carbons (Fsp3) is 0.154. The number of nitrogen functional groups attached to an aromatic ring is 1. The van der Waals surface area contributed by atoms with Crippen LogP contribution in [0.5, 0.6) is 0 Å². The van der Waals surface area contributed by atoms with Crippen LogP contribution in [-0.4, -0.2) is 17.9 Å². The molecule has 2 N–H and O–H groups in total. The maximum atomic E-state index is 13.2. The van der Waals surface area contributed by atoms with Crippen molar-refractivity contribution in [2.24, 2.45) is 0 Å². The SMILES string of the molecule is CN(Cc1csc(Br)c1)C(=O)c1cc(F)ccc1N. The van der Waals surface area contributed by atoms with Crippen LogP contribution >= 0.6 is 27.3 Å². The minimum atomic E-state index is -0.468. The van der Waals surface area contributed by atoms with Crippen molar-refractivity contribution in [3.05, 3.63) is 50.4 Å². The third-order valence-electron chi connectivity index (χ3n) is 2.63. The monoisotopic (exact) mass is 342 g/mol. The fourth-order valence-electron chi connectivity index (χ4n) is 1.69. The Balaban J connectivity index is 2.16. The number of nitrogens with two attached hydrogens (primary N) is 1. The molecule has 1 heterocycles. The van der Waals surface area contributed by atoms with Crippen molar-refractivity contribution in [1.29, 1.82) is 0 Å². The van der Waals surface area contributed by atoms with Crippen molar-refractivity contribution in [3.63, 3.8) is 0 Å². The molecule has 2 rings (SSSR count). The van der Waals surface area contributed by atoms with Crippen LogP contribution in [0.25, 0.3) is 0 Å². The first-order chi connectivity index (χ1) is 8.97. The highest BCUT2D eigenvalue weighted by Crippen LogP contribution is 2.22. The molecule has 3 nitrogen and oxygen atoms in total. The van der Waals surface area contributed by atoms with Gasteiger partial charge in [0, 0.05) is 19.3 Å². The first-order valence-electron chi connectivity index (χ1n) is 5.51. The van der Waals surface area contributed by atoms with Gasteiger partial charge in [-0.25, -0.2) is 4.39 Å². The smallest absolute Gasteiger partial charge is 0.256 e. The average Bonchev–Trinajstić information content (AvgIpc) is 2.77. The van der Waals surface area contributed by atoms with Crippen molar-refractivity contribution in [2.45, 2.75) is 6.54 Å². The number of carbonyl (C=O) groups excluding carboxylic acids is 1. The Hall–Kier alpha value is -1.40. The fourth-order valence-corrected chi connectivity index (χ4v) is 2.89. The highest BCUT2D eigenvalue weighted by atomic mass is 79.9. The van der Waals surface area contributed by atoms with Crippen molar-refractivity contribution in [2.75, 3.05) is 12.8 Å². The second kappa shape index (κ2) is 5.71. The van der Waals surface area contributed by atoms with Gasteiger partial charge in [-0.2, -0.15) is 0 Å². The first kappa shape index (κ1) is 14.0. The lowest BCUT2D eigenvalue weighted by Gasteiger charge is -2.17. The summed E-state index contributed by atoms with van der Waals surface area (Å²) < 4.78 is 14.2. The van der Waals surface area contributed by atoms with Gasteiger partial charge in [-0.05, 0) is 51.1 Å². The summed E-state index contributed by atoms with van der Waals surface area (Å²) in [6, 6.07) is 5.75. The molecule has 0 aliphatic heterocycles. The van der Waals surface area contributed by atoms with Gasteiger partial charge in [0.2, 0.25) is 0 Å². The van der Waals surface area contributed by atoms with Crippen LogP contribution in [0.1, 0.15) is 15.9 Å². The van der Waals surface area contributed by atoms with Gasteiger partial charge in [0.15, 0.2) is 0 Å². The van der Waals surface area contributed by atoms with Gasteiger partial charge in [0.25, 0.3) is 5.91 Å². The highest BCUT2D eigenvalue weighted by Gasteiger charge is 2.16. The van der Waals surface area contributed by atoms with Crippen molar-refractivity contribution >= 4 is 38.9 Å². The topological polar surface area (TPSA) is 46.3 Å². The van der Waals surface area contributed by atoms with Gasteiger partial charge in [0.1, 0.15) is 5.82 Å². The van der Waals surface area contributed by atoms with Gasteiger partial charge in [-0.15, -0.1) is 11.3 Å². The van der Waals surface area contributed by atoms with E-state index in [0.717, 1.165) is 15.4 Å². The van der Waals surface area contributed by atoms with Crippen molar-refractivity contribution in [1.82, 2.24) is 4.90 Å². The highest BCUT2D eigenvalue weighted by molar-refractivity contribution is 9.11. The lowest BCUT2D eigenvalue weighted by atomic mass is 10.1. The van der Waals surface area contributed by atoms with Crippen LogP contribution in [0.15, 0.2) is 33.4 Å². The van der Waals surface area contributed by atoms with Crippen LogP contribution in [0.4, 0.5) is 10.1 Å². The van der Waals surface area contributed by atoms with E-state index in [4.69, 9.17) is 5.73 Å². The molecule has 0 bridgehead atoms. The molecule has 0 saturated heterocycles. The maximum Gasteiger partial charge on any atom is 0.256 e. The van der Waals surface area contributed by atoms with Crippen LogP contribution in [-0.2, 0) is 6.54 Å². The molecule has 0 fully saturated rings. The summed E-state index contributed by atoms with van der Waals surface area (Å²) in [6.45, 7) is 0.455. The molecule has 19 heavy (non-hydrogen) atoms. The van der Waals surface area contributed by atoms with E-state index in [9.17, 15) is 9.18 Å². The number of halogens is 2. The van der Waals surface area contributed by atoms with E-state index in [1.807, 2.05) is 11.4 Å². The number of thiophene rings is 1. The van der Waals surface area contributed by atoms with Crippen LogP contribution < -0.4 is 5.73 Å².